The second kappa shape index (κ2) is 12.0. The Morgan fingerprint density at radius 2 is 1.00 bits per heavy atom. The first kappa shape index (κ1) is 29.4. The van der Waals surface area contributed by atoms with E-state index in [1.54, 1.807) is 0 Å². The largest absolute Gasteiger partial charge is 0.355 e. The zero-order valence-electron chi connectivity index (χ0n) is 26.2. The van der Waals surface area contributed by atoms with Crippen molar-refractivity contribution in [2.75, 3.05) is 0 Å². The lowest BCUT2D eigenvalue weighted by atomic mass is 9.92. The molecule has 0 aromatic carbocycles. The molecule has 0 atom stereocenters. The van der Waals surface area contributed by atoms with Crippen LogP contribution in [0.5, 0.6) is 0 Å². The summed E-state index contributed by atoms with van der Waals surface area (Å²) in [4.78, 5) is 18.4. The Hall–Kier alpha value is -3.11. The first-order valence-electron chi connectivity index (χ1n) is 15.8. The lowest BCUT2D eigenvalue weighted by Crippen LogP contribution is -1.98. The van der Waals surface area contributed by atoms with Crippen molar-refractivity contribution in [2.24, 2.45) is 0 Å². The number of fused-ring (bicyclic) bond motifs is 8. The number of halogens is 1. The maximum Gasteiger partial charge on any atom is 0.0900 e. The minimum atomic E-state index is 0.685. The second-order valence-electron chi connectivity index (χ2n) is 11.0. The SMILES string of the molecule is CCC1=C(CC)c2nc1c(CC)c1nc(c(CC)c3[nH]c(cc4ccc([nH]4)c2Cl)c(CC)c3CC)C(CC)=C1CC. The van der Waals surface area contributed by atoms with Gasteiger partial charge < -0.3 is 9.97 Å². The summed E-state index contributed by atoms with van der Waals surface area (Å²) < 4.78 is 0. The summed E-state index contributed by atoms with van der Waals surface area (Å²) in [6, 6.07) is 6.45. The van der Waals surface area contributed by atoms with Gasteiger partial charge >= 0.3 is 0 Å². The molecule has 8 bridgehead atoms. The molecule has 2 aliphatic heterocycles. The summed E-state index contributed by atoms with van der Waals surface area (Å²) in [6.07, 6.45) is 7.43. The molecule has 216 valence electrons. The summed E-state index contributed by atoms with van der Waals surface area (Å²) in [7, 11) is 0. The predicted octanol–water partition coefficient (Wildman–Crippen LogP) is 10.7. The Balaban J connectivity index is 2.12. The highest BCUT2D eigenvalue weighted by Crippen LogP contribution is 2.44. The van der Waals surface area contributed by atoms with Gasteiger partial charge in [0, 0.05) is 27.7 Å². The van der Waals surface area contributed by atoms with Crippen molar-refractivity contribution in [2.45, 2.75) is 107 Å². The number of rotatable bonds is 8. The van der Waals surface area contributed by atoms with Crippen LogP contribution in [-0.4, -0.2) is 19.9 Å². The number of aromatic nitrogens is 4. The third kappa shape index (κ3) is 4.69. The van der Waals surface area contributed by atoms with E-state index in [0.717, 1.165) is 85.2 Å². The van der Waals surface area contributed by atoms with Crippen LogP contribution in [-0.2, 0) is 25.7 Å². The molecule has 2 aliphatic rings. The number of aromatic amines is 2. The maximum atomic E-state index is 7.18. The zero-order valence-corrected chi connectivity index (χ0v) is 26.9. The highest BCUT2D eigenvalue weighted by Gasteiger charge is 2.28. The molecular formula is C36H45ClN4. The van der Waals surface area contributed by atoms with Crippen molar-refractivity contribution >= 4 is 56.0 Å². The highest BCUT2D eigenvalue weighted by molar-refractivity contribution is 6.35. The fourth-order valence-corrected chi connectivity index (χ4v) is 7.38. The van der Waals surface area contributed by atoms with E-state index in [1.165, 1.54) is 55.6 Å². The van der Waals surface area contributed by atoms with Gasteiger partial charge in [-0.3, -0.25) is 0 Å². The number of aryl methyl sites for hydroxylation is 3. The second-order valence-corrected chi connectivity index (χ2v) is 11.4. The average molecular weight is 569 g/mol. The molecule has 5 heteroatoms. The van der Waals surface area contributed by atoms with Gasteiger partial charge in [0.25, 0.3) is 0 Å². The van der Waals surface area contributed by atoms with Gasteiger partial charge in [0.2, 0.25) is 0 Å². The molecule has 0 radical (unpaired) electrons. The molecule has 41 heavy (non-hydrogen) atoms. The number of H-pyrrole nitrogens is 2. The van der Waals surface area contributed by atoms with Crippen LogP contribution in [0.3, 0.4) is 0 Å². The Labute approximate surface area is 250 Å². The van der Waals surface area contributed by atoms with Gasteiger partial charge in [-0.2, -0.15) is 0 Å². The van der Waals surface area contributed by atoms with Crippen molar-refractivity contribution < 1.29 is 0 Å². The van der Waals surface area contributed by atoms with Crippen LogP contribution in [0, 0.1) is 0 Å². The van der Waals surface area contributed by atoms with Crippen molar-refractivity contribution in [1.29, 1.82) is 0 Å². The maximum absolute atomic E-state index is 7.18. The molecule has 0 fully saturated rings. The number of hydrogen-bond acceptors (Lipinski definition) is 2. The summed E-state index contributed by atoms with van der Waals surface area (Å²) in [5, 5.41) is 0.685. The van der Waals surface area contributed by atoms with E-state index in [2.05, 4.69) is 83.6 Å². The molecule has 0 saturated carbocycles. The average Bonchev–Trinajstić information content (AvgIpc) is 3.76. The predicted molar refractivity (Wildman–Crippen MR) is 178 cm³/mol. The molecule has 5 heterocycles. The monoisotopic (exact) mass is 568 g/mol. The van der Waals surface area contributed by atoms with E-state index in [4.69, 9.17) is 21.6 Å². The fraction of sp³-hybridized carbons (Fsp3) is 0.444. The molecule has 3 aromatic rings. The van der Waals surface area contributed by atoms with E-state index in [-0.39, 0.29) is 0 Å². The first-order valence-corrected chi connectivity index (χ1v) is 16.2. The van der Waals surface area contributed by atoms with Crippen LogP contribution in [0.4, 0.5) is 0 Å². The van der Waals surface area contributed by atoms with Crippen LogP contribution in [0.25, 0.3) is 44.4 Å². The molecule has 0 spiro atoms. The van der Waals surface area contributed by atoms with Crippen LogP contribution in [0.1, 0.15) is 126 Å². The number of nitrogens with one attached hydrogen (secondary N) is 2. The summed E-state index contributed by atoms with van der Waals surface area (Å²) >= 11 is 7.18. The topological polar surface area (TPSA) is 57.4 Å². The minimum Gasteiger partial charge on any atom is -0.355 e. The standard InChI is InChI=1S/C36H45ClN4/c1-9-21-22(10-2)32-27(15-7)33-23(11-3)24(12-4)34(40-33)28(16-8)35-25(13-5)26(14-6)36(41-35)31(37)29-18-17-20(38-29)19-30(21)39-32/h17-19,38-39H,9-16H2,1-8H3. The van der Waals surface area contributed by atoms with E-state index >= 15 is 0 Å². The van der Waals surface area contributed by atoms with Gasteiger partial charge in [0.1, 0.15) is 0 Å². The molecule has 0 aliphatic carbocycles. The van der Waals surface area contributed by atoms with E-state index in [0.29, 0.717) is 5.02 Å². The van der Waals surface area contributed by atoms with Gasteiger partial charge in [-0.15, -0.1) is 0 Å². The van der Waals surface area contributed by atoms with Crippen LogP contribution in [0.15, 0.2) is 18.2 Å². The first-order chi connectivity index (χ1) is 19.9. The molecule has 0 amide bonds. The number of nitrogens with zero attached hydrogens (tertiary/aromatic N) is 2. The lowest BCUT2D eigenvalue weighted by Gasteiger charge is -2.10. The Morgan fingerprint density at radius 1 is 0.512 bits per heavy atom. The summed E-state index contributed by atoms with van der Waals surface area (Å²) in [6.45, 7) is 18.0. The van der Waals surface area contributed by atoms with Crippen molar-refractivity contribution in [3.63, 3.8) is 0 Å². The lowest BCUT2D eigenvalue weighted by molar-refractivity contribution is 1.03. The van der Waals surface area contributed by atoms with Crippen LogP contribution < -0.4 is 0 Å². The quantitative estimate of drug-likeness (QED) is 0.284. The normalized spacial score (nSPS) is 13.6. The van der Waals surface area contributed by atoms with E-state index < -0.39 is 0 Å². The molecule has 2 N–H and O–H groups in total. The fourth-order valence-electron chi connectivity index (χ4n) is 7.11. The van der Waals surface area contributed by atoms with Gasteiger partial charge in [0.05, 0.1) is 33.3 Å². The minimum absolute atomic E-state index is 0.685. The number of allylic oxidation sites excluding steroid dienone is 4. The smallest absolute Gasteiger partial charge is 0.0900 e. The third-order valence-electron chi connectivity index (χ3n) is 9.01. The van der Waals surface area contributed by atoms with Gasteiger partial charge in [-0.1, -0.05) is 67.0 Å². The zero-order chi connectivity index (χ0) is 29.4. The summed E-state index contributed by atoms with van der Waals surface area (Å²) in [5.41, 5.74) is 19.3. The molecule has 0 unspecified atom stereocenters. The molecule has 5 rings (SSSR count). The van der Waals surface area contributed by atoms with Crippen molar-refractivity contribution in [3.05, 3.63) is 68.3 Å². The van der Waals surface area contributed by atoms with Gasteiger partial charge in [-0.25, -0.2) is 9.97 Å². The molecule has 0 saturated heterocycles. The van der Waals surface area contributed by atoms with Gasteiger partial charge in [0.15, 0.2) is 0 Å². The third-order valence-corrected chi connectivity index (χ3v) is 9.39. The molecular weight excluding hydrogens is 524 g/mol. The molecule has 4 nitrogen and oxygen atoms in total. The van der Waals surface area contributed by atoms with Crippen molar-refractivity contribution in [3.8, 4) is 0 Å². The summed E-state index contributed by atoms with van der Waals surface area (Å²) in [5.74, 6) is 0. The highest BCUT2D eigenvalue weighted by atomic mass is 35.5. The Morgan fingerprint density at radius 3 is 1.51 bits per heavy atom. The van der Waals surface area contributed by atoms with Crippen LogP contribution >= 0.6 is 11.6 Å². The number of hydrogen-bond donors (Lipinski definition) is 2. The van der Waals surface area contributed by atoms with E-state index in [1.807, 2.05) is 0 Å². The van der Waals surface area contributed by atoms with Crippen molar-refractivity contribution in [1.82, 2.24) is 19.9 Å². The van der Waals surface area contributed by atoms with Crippen LogP contribution in [0.2, 0.25) is 5.02 Å². The molecule has 3 aromatic heterocycles. The van der Waals surface area contributed by atoms with E-state index in [9.17, 15) is 0 Å². The van der Waals surface area contributed by atoms with Gasteiger partial charge in [-0.05, 0) is 103 Å². The Bertz CT molecular complexity index is 1730. The Kier molecular flexibility index (Phi) is 8.61.